The standard InChI is InChI=1S/C26H20FNO3S2/c27-18-9-4-8-17(14-18)25(16-6-2-1-3-7-16)33-26-28-24-20-10-5-11-21(31-15-23(29)30)19(20)12-13-22(24)32-26/h1-11,14,25H,12-13,15H2,(H,29,30). The van der Waals surface area contributed by atoms with Crippen molar-refractivity contribution in [2.75, 3.05) is 6.61 Å². The number of thiazole rings is 1. The van der Waals surface area contributed by atoms with Crippen molar-refractivity contribution in [2.45, 2.75) is 22.4 Å². The predicted molar refractivity (Wildman–Crippen MR) is 129 cm³/mol. The van der Waals surface area contributed by atoms with E-state index < -0.39 is 5.97 Å². The van der Waals surface area contributed by atoms with E-state index in [-0.39, 0.29) is 17.7 Å². The van der Waals surface area contributed by atoms with Gasteiger partial charge in [0.15, 0.2) is 10.9 Å². The van der Waals surface area contributed by atoms with Crippen LogP contribution in [0.3, 0.4) is 0 Å². The minimum Gasteiger partial charge on any atom is -0.482 e. The molecule has 0 fully saturated rings. The highest BCUT2D eigenvalue weighted by atomic mass is 32.2. The molecule has 5 rings (SSSR count). The normalized spacial score (nSPS) is 13.1. The van der Waals surface area contributed by atoms with Crippen LogP contribution in [0.1, 0.15) is 26.8 Å². The van der Waals surface area contributed by atoms with Crippen molar-refractivity contribution in [3.63, 3.8) is 0 Å². The largest absolute Gasteiger partial charge is 0.482 e. The number of aliphatic carboxylic acids is 1. The van der Waals surface area contributed by atoms with Crippen molar-refractivity contribution in [3.05, 3.63) is 100 Å². The topological polar surface area (TPSA) is 59.4 Å². The van der Waals surface area contributed by atoms with Gasteiger partial charge in [0, 0.05) is 16.0 Å². The van der Waals surface area contributed by atoms with E-state index >= 15 is 0 Å². The number of halogens is 1. The molecular weight excluding hydrogens is 457 g/mol. The average molecular weight is 478 g/mol. The van der Waals surface area contributed by atoms with Gasteiger partial charge in [-0.2, -0.15) is 0 Å². The summed E-state index contributed by atoms with van der Waals surface area (Å²) in [6, 6.07) is 22.5. The first-order valence-electron chi connectivity index (χ1n) is 10.5. The summed E-state index contributed by atoms with van der Waals surface area (Å²) in [5.74, 6) is -0.652. The minimum absolute atomic E-state index is 0.0841. The average Bonchev–Trinajstić information content (AvgIpc) is 3.25. The van der Waals surface area contributed by atoms with Gasteiger partial charge in [-0.3, -0.25) is 0 Å². The fourth-order valence-corrected chi connectivity index (χ4v) is 6.55. The lowest BCUT2D eigenvalue weighted by Gasteiger charge is -2.18. The highest BCUT2D eigenvalue weighted by molar-refractivity contribution is 8.01. The van der Waals surface area contributed by atoms with Crippen LogP contribution in [0.4, 0.5) is 4.39 Å². The number of hydrogen-bond donors (Lipinski definition) is 1. The third-order valence-corrected chi connectivity index (χ3v) is 8.01. The van der Waals surface area contributed by atoms with E-state index in [2.05, 4.69) is 12.1 Å². The number of rotatable bonds is 7. The van der Waals surface area contributed by atoms with Gasteiger partial charge in [-0.15, -0.1) is 11.3 Å². The van der Waals surface area contributed by atoms with Crippen LogP contribution in [0.5, 0.6) is 5.75 Å². The third-order valence-electron chi connectivity index (χ3n) is 5.49. The van der Waals surface area contributed by atoms with Gasteiger partial charge in [0.2, 0.25) is 0 Å². The molecule has 1 atom stereocenters. The molecule has 4 nitrogen and oxygen atoms in total. The number of nitrogens with zero attached hydrogens (tertiary/aromatic N) is 1. The van der Waals surface area contributed by atoms with E-state index in [0.29, 0.717) is 5.75 Å². The van der Waals surface area contributed by atoms with E-state index in [9.17, 15) is 9.18 Å². The van der Waals surface area contributed by atoms with Crippen LogP contribution in [-0.4, -0.2) is 22.7 Å². The fraction of sp³-hybridized carbons (Fsp3) is 0.154. The zero-order valence-corrected chi connectivity index (χ0v) is 19.2. The SMILES string of the molecule is O=C(O)COc1cccc2c1CCc1sc(SC(c3ccccc3)c3cccc(F)c3)nc1-2. The number of aryl methyl sites for hydroxylation is 1. The Kier molecular flexibility index (Phi) is 6.15. The van der Waals surface area contributed by atoms with Crippen molar-refractivity contribution in [1.29, 1.82) is 0 Å². The molecule has 0 amide bonds. The Balaban J connectivity index is 1.49. The van der Waals surface area contributed by atoms with Crippen molar-refractivity contribution in [2.24, 2.45) is 0 Å². The number of aromatic nitrogens is 1. The molecule has 166 valence electrons. The lowest BCUT2D eigenvalue weighted by molar-refractivity contribution is -0.139. The summed E-state index contributed by atoms with van der Waals surface area (Å²) >= 11 is 3.29. The molecule has 1 unspecified atom stereocenters. The Morgan fingerprint density at radius 2 is 1.85 bits per heavy atom. The Morgan fingerprint density at radius 1 is 1.06 bits per heavy atom. The Labute approximate surface area is 199 Å². The van der Waals surface area contributed by atoms with E-state index in [1.54, 1.807) is 35.2 Å². The van der Waals surface area contributed by atoms with Crippen molar-refractivity contribution in [3.8, 4) is 17.0 Å². The first-order chi connectivity index (χ1) is 16.1. The quantitative estimate of drug-likeness (QED) is 0.313. The lowest BCUT2D eigenvalue weighted by atomic mass is 9.93. The highest BCUT2D eigenvalue weighted by Gasteiger charge is 2.26. The molecule has 7 heteroatoms. The molecule has 0 saturated heterocycles. The van der Waals surface area contributed by atoms with Gasteiger partial charge in [-0.25, -0.2) is 14.2 Å². The second kappa shape index (κ2) is 9.37. The van der Waals surface area contributed by atoms with E-state index in [4.69, 9.17) is 14.8 Å². The van der Waals surface area contributed by atoms with Crippen LogP contribution in [0.2, 0.25) is 0 Å². The van der Waals surface area contributed by atoms with Crippen LogP contribution >= 0.6 is 23.1 Å². The third kappa shape index (κ3) is 4.65. The van der Waals surface area contributed by atoms with Gasteiger partial charge < -0.3 is 9.84 Å². The summed E-state index contributed by atoms with van der Waals surface area (Å²) in [5.41, 5.74) is 4.90. The lowest BCUT2D eigenvalue weighted by Crippen LogP contribution is -2.12. The fourth-order valence-electron chi connectivity index (χ4n) is 4.05. The first kappa shape index (κ1) is 21.7. The number of hydrogen-bond acceptors (Lipinski definition) is 5. The molecule has 33 heavy (non-hydrogen) atoms. The number of carboxylic acid groups (broad SMARTS) is 1. The molecule has 1 aliphatic rings. The maximum atomic E-state index is 14.0. The van der Waals surface area contributed by atoms with Crippen molar-refractivity contribution < 1.29 is 19.0 Å². The predicted octanol–water partition coefficient (Wildman–Crippen LogP) is 6.39. The monoisotopic (exact) mass is 477 g/mol. The molecule has 0 spiro atoms. The Morgan fingerprint density at radius 3 is 2.64 bits per heavy atom. The molecule has 0 bridgehead atoms. The molecule has 1 heterocycles. The number of carbonyl (C=O) groups is 1. The molecule has 3 aromatic carbocycles. The van der Waals surface area contributed by atoms with Gasteiger partial charge in [-0.05, 0) is 42.2 Å². The number of fused-ring (bicyclic) bond motifs is 3. The molecular formula is C26H20FNO3S2. The highest BCUT2D eigenvalue weighted by Crippen LogP contribution is 2.47. The van der Waals surface area contributed by atoms with E-state index in [1.807, 2.05) is 42.5 Å². The molecule has 1 aromatic heterocycles. The molecule has 0 aliphatic heterocycles. The molecule has 1 N–H and O–H groups in total. The van der Waals surface area contributed by atoms with Gasteiger partial charge >= 0.3 is 5.97 Å². The number of ether oxygens (including phenoxy) is 1. The molecule has 0 radical (unpaired) electrons. The van der Waals surface area contributed by atoms with Crippen molar-refractivity contribution >= 4 is 29.1 Å². The summed E-state index contributed by atoms with van der Waals surface area (Å²) in [6.07, 6.45) is 1.60. The van der Waals surface area contributed by atoms with Crippen LogP contribution in [0.25, 0.3) is 11.3 Å². The first-order valence-corrected chi connectivity index (χ1v) is 12.2. The molecule has 0 saturated carbocycles. The minimum atomic E-state index is -0.999. The molecule has 1 aliphatic carbocycles. The van der Waals surface area contributed by atoms with Crippen LogP contribution in [0, 0.1) is 5.82 Å². The van der Waals surface area contributed by atoms with Gasteiger partial charge in [0.25, 0.3) is 0 Å². The second-order valence-corrected chi connectivity index (χ2v) is 10.1. The Bertz CT molecular complexity index is 1310. The van der Waals surface area contributed by atoms with E-state index in [1.165, 1.54) is 10.9 Å². The Hall–Kier alpha value is -3.16. The van der Waals surface area contributed by atoms with E-state index in [0.717, 1.165) is 45.1 Å². The summed E-state index contributed by atoms with van der Waals surface area (Å²) in [7, 11) is 0. The van der Waals surface area contributed by atoms with Crippen LogP contribution in [-0.2, 0) is 17.6 Å². The van der Waals surface area contributed by atoms with Crippen LogP contribution < -0.4 is 4.74 Å². The van der Waals surface area contributed by atoms with Gasteiger partial charge in [-0.1, -0.05) is 66.4 Å². The smallest absolute Gasteiger partial charge is 0.341 e. The summed E-state index contributed by atoms with van der Waals surface area (Å²) in [6.45, 7) is -0.367. The number of benzene rings is 3. The molecule has 4 aromatic rings. The maximum absolute atomic E-state index is 14.0. The van der Waals surface area contributed by atoms with Crippen molar-refractivity contribution in [1.82, 2.24) is 4.98 Å². The summed E-state index contributed by atoms with van der Waals surface area (Å²) in [4.78, 5) is 17.1. The van der Waals surface area contributed by atoms with Crippen LogP contribution in [0.15, 0.2) is 77.1 Å². The zero-order valence-electron chi connectivity index (χ0n) is 17.5. The summed E-state index contributed by atoms with van der Waals surface area (Å²) in [5, 5.41) is 8.88. The number of thioether (sulfide) groups is 1. The van der Waals surface area contributed by atoms with Gasteiger partial charge in [0.05, 0.1) is 10.9 Å². The van der Waals surface area contributed by atoms with Gasteiger partial charge in [0.1, 0.15) is 11.6 Å². The number of carboxylic acids is 1. The maximum Gasteiger partial charge on any atom is 0.341 e. The summed E-state index contributed by atoms with van der Waals surface area (Å²) < 4.78 is 20.4. The zero-order chi connectivity index (χ0) is 22.8. The second-order valence-electron chi connectivity index (χ2n) is 7.68.